The van der Waals surface area contributed by atoms with Crippen LogP contribution in [0.3, 0.4) is 0 Å². The lowest BCUT2D eigenvalue weighted by Crippen LogP contribution is -2.41. The van der Waals surface area contributed by atoms with Crippen molar-refractivity contribution in [1.82, 2.24) is 9.88 Å². The predicted octanol–water partition coefficient (Wildman–Crippen LogP) is 2.39. The Labute approximate surface area is 121 Å². The maximum absolute atomic E-state index is 11.7. The Bertz CT molecular complexity index is 425. The molecule has 0 bridgehead atoms. The molecule has 0 aromatic carbocycles. The van der Waals surface area contributed by atoms with E-state index in [1.807, 2.05) is 19.3 Å². The zero-order valence-corrected chi connectivity index (χ0v) is 12.5. The van der Waals surface area contributed by atoms with Crippen LogP contribution in [0.2, 0.25) is 0 Å². The van der Waals surface area contributed by atoms with Gasteiger partial charge in [-0.2, -0.15) is 0 Å². The molecule has 0 saturated carbocycles. The Balaban J connectivity index is 2.11. The number of nitrogens with zero attached hydrogens (tertiary/aromatic N) is 2. The van der Waals surface area contributed by atoms with Crippen LogP contribution in [0.4, 0.5) is 0 Å². The van der Waals surface area contributed by atoms with Crippen LogP contribution in [-0.4, -0.2) is 42.6 Å². The molecule has 0 amide bonds. The fourth-order valence-electron chi connectivity index (χ4n) is 3.01. The molecule has 0 spiro atoms. The van der Waals surface area contributed by atoms with Gasteiger partial charge in [0.1, 0.15) is 0 Å². The summed E-state index contributed by atoms with van der Waals surface area (Å²) in [7, 11) is 2.15. The molecule has 0 atom stereocenters. The van der Waals surface area contributed by atoms with Crippen LogP contribution >= 0.6 is 0 Å². The molecular weight excluding hydrogens is 252 g/mol. The summed E-state index contributed by atoms with van der Waals surface area (Å²) in [5.74, 6) is -0.0835. The van der Waals surface area contributed by atoms with E-state index in [2.05, 4.69) is 29.1 Å². The highest BCUT2D eigenvalue weighted by atomic mass is 16.5. The minimum Gasteiger partial charge on any atom is -0.466 e. The molecule has 0 unspecified atom stereocenters. The van der Waals surface area contributed by atoms with Gasteiger partial charge in [-0.15, -0.1) is 0 Å². The Morgan fingerprint density at radius 2 is 2.00 bits per heavy atom. The number of hydrogen-bond acceptors (Lipinski definition) is 4. The van der Waals surface area contributed by atoms with Gasteiger partial charge in [0.05, 0.1) is 6.61 Å². The highest BCUT2D eigenvalue weighted by Crippen LogP contribution is 2.39. The lowest BCUT2D eigenvalue weighted by atomic mass is 9.70. The lowest BCUT2D eigenvalue weighted by molar-refractivity contribution is -0.143. The van der Waals surface area contributed by atoms with Gasteiger partial charge in [-0.3, -0.25) is 9.78 Å². The van der Waals surface area contributed by atoms with Gasteiger partial charge in [-0.05, 0) is 69.4 Å². The minimum atomic E-state index is -0.0835. The standard InChI is InChI=1S/C16H24N2O2/c1-3-20-15(19)4-7-16(8-12-18(2)13-9-16)14-5-10-17-11-6-14/h5-6,10-11H,3-4,7-9,12-13H2,1-2H3. The topological polar surface area (TPSA) is 42.4 Å². The van der Waals surface area contributed by atoms with E-state index < -0.39 is 0 Å². The Hall–Kier alpha value is -1.42. The number of hydrogen-bond donors (Lipinski definition) is 0. The third-order valence-corrected chi connectivity index (χ3v) is 4.35. The molecule has 0 aliphatic carbocycles. The van der Waals surface area contributed by atoms with Crippen molar-refractivity contribution in [3.63, 3.8) is 0 Å². The number of likely N-dealkylation sites (tertiary alicyclic amines) is 1. The first kappa shape index (κ1) is 15.0. The van der Waals surface area contributed by atoms with E-state index in [-0.39, 0.29) is 11.4 Å². The Morgan fingerprint density at radius 3 is 2.60 bits per heavy atom. The number of carbonyl (C=O) groups is 1. The molecule has 1 aliphatic heterocycles. The summed E-state index contributed by atoms with van der Waals surface area (Å²) in [6.45, 7) is 4.46. The van der Waals surface area contributed by atoms with Crippen molar-refractivity contribution < 1.29 is 9.53 Å². The van der Waals surface area contributed by atoms with Gasteiger partial charge in [-0.1, -0.05) is 0 Å². The third-order valence-electron chi connectivity index (χ3n) is 4.35. The molecule has 0 radical (unpaired) electrons. The van der Waals surface area contributed by atoms with E-state index in [0.29, 0.717) is 13.0 Å². The molecule has 4 nitrogen and oxygen atoms in total. The maximum atomic E-state index is 11.7. The fourth-order valence-corrected chi connectivity index (χ4v) is 3.01. The zero-order valence-electron chi connectivity index (χ0n) is 12.5. The summed E-state index contributed by atoms with van der Waals surface area (Å²) in [4.78, 5) is 18.1. The van der Waals surface area contributed by atoms with Gasteiger partial charge < -0.3 is 9.64 Å². The predicted molar refractivity (Wildman–Crippen MR) is 78.5 cm³/mol. The number of carbonyl (C=O) groups excluding carboxylic acids is 1. The van der Waals surface area contributed by atoms with Crippen molar-refractivity contribution in [2.24, 2.45) is 0 Å². The summed E-state index contributed by atoms with van der Waals surface area (Å²) in [6, 6.07) is 4.19. The maximum Gasteiger partial charge on any atom is 0.305 e. The van der Waals surface area contributed by atoms with E-state index in [1.165, 1.54) is 5.56 Å². The number of pyridine rings is 1. The normalized spacial score (nSPS) is 18.7. The first-order valence-electron chi connectivity index (χ1n) is 7.41. The Kier molecular flexibility index (Phi) is 5.12. The van der Waals surface area contributed by atoms with Crippen LogP contribution in [0.1, 0.15) is 38.2 Å². The van der Waals surface area contributed by atoms with Gasteiger partial charge in [0, 0.05) is 18.8 Å². The second-order valence-electron chi connectivity index (χ2n) is 5.62. The molecule has 1 aliphatic rings. The van der Waals surface area contributed by atoms with E-state index in [9.17, 15) is 4.79 Å². The van der Waals surface area contributed by atoms with Crippen molar-refractivity contribution in [3.05, 3.63) is 30.1 Å². The summed E-state index contributed by atoms with van der Waals surface area (Å²) < 4.78 is 5.07. The van der Waals surface area contributed by atoms with Crippen molar-refractivity contribution in [2.45, 2.75) is 38.0 Å². The molecule has 20 heavy (non-hydrogen) atoms. The summed E-state index contributed by atoms with van der Waals surface area (Å²) in [5, 5.41) is 0. The van der Waals surface area contributed by atoms with Crippen LogP contribution in [0.15, 0.2) is 24.5 Å². The average molecular weight is 276 g/mol. The largest absolute Gasteiger partial charge is 0.466 e. The Morgan fingerprint density at radius 1 is 1.35 bits per heavy atom. The number of rotatable bonds is 5. The molecule has 1 fully saturated rings. The second kappa shape index (κ2) is 6.84. The van der Waals surface area contributed by atoms with E-state index >= 15 is 0 Å². The zero-order chi connectivity index (χ0) is 14.4. The van der Waals surface area contributed by atoms with Crippen LogP contribution in [0.25, 0.3) is 0 Å². The minimum absolute atomic E-state index is 0.0835. The van der Waals surface area contributed by atoms with Crippen LogP contribution in [0.5, 0.6) is 0 Å². The van der Waals surface area contributed by atoms with Crippen LogP contribution in [0, 0.1) is 0 Å². The smallest absolute Gasteiger partial charge is 0.305 e. The molecule has 1 aromatic rings. The first-order valence-corrected chi connectivity index (χ1v) is 7.41. The van der Waals surface area contributed by atoms with Gasteiger partial charge >= 0.3 is 5.97 Å². The van der Waals surface area contributed by atoms with Crippen LogP contribution < -0.4 is 0 Å². The van der Waals surface area contributed by atoms with E-state index in [1.54, 1.807) is 0 Å². The fraction of sp³-hybridized carbons (Fsp3) is 0.625. The van der Waals surface area contributed by atoms with Gasteiger partial charge in [-0.25, -0.2) is 0 Å². The van der Waals surface area contributed by atoms with Crippen LogP contribution in [-0.2, 0) is 14.9 Å². The summed E-state index contributed by atoms with van der Waals surface area (Å²) in [6.07, 6.45) is 7.24. The number of piperidine rings is 1. The molecule has 2 heterocycles. The molecule has 4 heteroatoms. The van der Waals surface area contributed by atoms with E-state index in [0.717, 1.165) is 32.4 Å². The van der Waals surface area contributed by atoms with Crippen molar-refractivity contribution in [1.29, 1.82) is 0 Å². The molecule has 1 saturated heterocycles. The number of aromatic nitrogens is 1. The molecule has 2 rings (SSSR count). The monoisotopic (exact) mass is 276 g/mol. The molecular formula is C16H24N2O2. The summed E-state index contributed by atoms with van der Waals surface area (Å²) in [5.41, 5.74) is 1.41. The van der Waals surface area contributed by atoms with Crippen molar-refractivity contribution in [2.75, 3.05) is 26.7 Å². The van der Waals surface area contributed by atoms with Gasteiger partial charge in [0.15, 0.2) is 0 Å². The molecule has 110 valence electrons. The number of ether oxygens (including phenoxy) is 1. The first-order chi connectivity index (χ1) is 9.66. The van der Waals surface area contributed by atoms with E-state index in [4.69, 9.17) is 4.74 Å². The number of esters is 1. The van der Waals surface area contributed by atoms with Gasteiger partial charge in [0.25, 0.3) is 0 Å². The molecule has 0 N–H and O–H groups in total. The SMILES string of the molecule is CCOC(=O)CCC1(c2ccncc2)CCN(C)CC1. The average Bonchev–Trinajstić information content (AvgIpc) is 2.48. The highest BCUT2D eigenvalue weighted by molar-refractivity contribution is 5.69. The lowest BCUT2D eigenvalue weighted by Gasteiger charge is -2.41. The molecule has 1 aromatic heterocycles. The highest BCUT2D eigenvalue weighted by Gasteiger charge is 2.35. The summed E-state index contributed by atoms with van der Waals surface area (Å²) >= 11 is 0. The third kappa shape index (κ3) is 3.57. The van der Waals surface area contributed by atoms with Gasteiger partial charge in [0.2, 0.25) is 0 Å². The van der Waals surface area contributed by atoms with Crippen molar-refractivity contribution in [3.8, 4) is 0 Å². The quantitative estimate of drug-likeness (QED) is 0.774. The second-order valence-corrected chi connectivity index (χ2v) is 5.62. The van der Waals surface area contributed by atoms with Crippen molar-refractivity contribution >= 4 is 5.97 Å².